The molecule has 0 aliphatic rings. The number of benzene rings is 2. The number of nitrogens with one attached hydrogen (secondary N) is 1. The molecule has 1 radical (unpaired) electrons. The van der Waals surface area contributed by atoms with E-state index in [1.165, 1.54) is 32.0 Å². The Labute approximate surface area is 142 Å². The van der Waals surface area contributed by atoms with Gasteiger partial charge in [0.25, 0.3) is 0 Å². The molecule has 3 aromatic rings. The highest BCUT2D eigenvalue weighted by Crippen LogP contribution is 2.39. The molecule has 1 heterocycles. The van der Waals surface area contributed by atoms with E-state index >= 15 is 0 Å². The molecule has 0 atom stereocenters. The minimum atomic E-state index is 1.06. The lowest BCUT2D eigenvalue weighted by molar-refractivity contribution is 0.719. The van der Waals surface area contributed by atoms with Crippen LogP contribution in [0.15, 0.2) is 52.3 Å². The van der Waals surface area contributed by atoms with Crippen LogP contribution in [0.1, 0.15) is 17.7 Å². The normalized spacial score (nSPS) is 11.3. The Hall–Kier alpha value is -1.71. The summed E-state index contributed by atoms with van der Waals surface area (Å²) in [4.78, 5) is 2.71. The highest BCUT2D eigenvalue weighted by atomic mass is 32.2. The summed E-state index contributed by atoms with van der Waals surface area (Å²) < 4.78 is 2.27. The molecule has 0 amide bonds. The third kappa shape index (κ3) is 3.31. The van der Waals surface area contributed by atoms with Gasteiger partial charge in [0.05, 0.1) is 0 Å². The summed E-state index contributed by atoms with van der Waals surface area (Å²) in [5.74, 6) is 0. The van der Waals surface area contributed by atoms with Gasteiger partial charge in [-0.25, -0.2) is 0 Å². The van der Waals surface area contributed by atoms with Crippen molar-refractivity contribution in [1.82, 2.24) is 9.88 Å². The van der Waals surface area contributed by atoms with Crippen molar-refractivity contribution in [3.8, 4) is 0 Å². The molecule has 2 aromatic carbocycles. The first-order valence-electron chi connectivity index (χ1n) is 8.08. The Morgan fingerprint density at radius 2 is 2.04 bits per heavy atom. The summed E-state index contributed by atoms with van der Waals surface area (Å²) in [6.07, 6.45) is 2.27. The first kappa shape index (κ1) is 16.2. The lowest BCUT2D eigenvalue weighted by Crippen LogP contribution is -2.08. The van der Waals surface area contributed by atoms with Crippen molar-refractivity contribution in [2.45, 2.75) is 29.6 Å². The van der Waals surface area contributed by atoms with Crippen LogP contribution in [-0.4, -0.2) is 18.2 Å². The SMILES string of the molecule is CNCCCc1ccccc1Sc1c(C)n(C)c2cc[c]cc12. The van der Waals surface area contributed by atoms with E-state index in [-0.39, 0.29) is 0 Å². The predicted octanol–water partition coefficient (Wildman–Crippen LogP) is 4.59. The Kier molecular flexibility index (Phi) is 5.09. The van der Waals surface area contributed by atoms with E-state index in [9.17, 15) is 0 Å². The highest BCUT2D eigenvalue weighted by molar-refractivity contribution is 7.99. The number of aryl methyl sites for hydroxylation is 2. The van der Waals surface area contributed by atoms with E-state index < -0.39 is 0 Å². The lowest BCUT2D eigenvalue weighted by atomic mass is 10.1. The zero-order chi connectivity index (χ0) is 16.2. The molecule has 3 rings (SSSR count). The summed E-state index contributed by atoms with van der Waals surface area (Å²) >= 11 is 1.89. The lowest BCUT2D eigenvalue weighted by Gasteiger charge is -2.09. The molecule has 0 fully saturated rings. The molecular weight excluding hydrogens is 300 g/mol. The zero-order valence-corrected chi connectivity index (χ0v) is 14.8. The average molecular weight is 323 g/mol. The van der Waals surface area contributed by atoms with Gasteiger partial charge in [0.1, 0.15) is 0 Å². The van der Waals surface area contributed by atoms with Crippen LogP contribution in [0.4, 0.5) is 0 Å². The number of rotatable bonds is 6. The fraction of sp³-hybridized carbons (Fsp3) is 0.300. The van der Waals surface area contributed by atoms with E-state index in [1.807, 2.05) is 24.9 Å². The van der Waals surface area contributed by atoms with Crippen LogP contribution >= 0.6 is 11.8 Å². The molecule has 1 N–H and O–H groups in total. The first-order chi connectivity index (χ1) is 11.2. The van der Waals surface area contributed by atoms with Gasteiger partial charge < -0.3 is 9.88 Å². The van der Waals surface area contributed by atoms with E-state index in [1.54, 1.807) is 0 Å². The standard InChI is InChI=1S/C20H23N2S/c1-15-20(17-11-5-6-12-18(17)22(15)3)23-19-13-7-4-9-16(19)10-8-14-21-2/h4,6-7,9,11-13,21H,8,10,14H2,1-3H3. The summed E-state index contributed by atoms with van der Waals surface area (Å²) in [7, 11) is 4.15. The van der Waals surface area contributed by atoms with Gasteiger partial charge in [-0.05, 0) is 63.2 Å². The van der Waals surface area contributed by atoms with Crippen LogP contribution in [0.3, 0.4) is 0 Å². The molecule has 0 aliphatic carbocycles. The van der Waals surface area contributed by atoms with Gasteiger partial charge >= 0.3 is 0 Å². The molecule has 2 nitrogen and oxygen atoms in total. The molecule has 23 heavy (non-hydrogen) atoms. The van der Waals surface area contributed by atoms with Crippen LogP contribution in [0.25, 0.3) is 10.9 Å². The summed E-state index contributed by atoms with van der Waals surface area (Å²) in [5, 5.41) is 4.52. The van der Waals surface area contributed by atoms with Gasteiger partial charge in [0.2, 0.25) is 0 Å². The van der Waals surface area contributed by atoms with E-state index in [2.05, 4.69) is 66.3 Å². The van der Waals surface area contributed by atoms with Crippen LogP contribution < -0.4 is 5.32 Å². The number of aromatic nitrogens is 1. The van der Waals surface area contributed by atoms with E-state index in [0.29, 0.717) is 0 Å². The first-order valence-corrected chi connectivity index (χ1v) is 8.89. The highest BCUT2D eigenvalue weighted by Gasteiger charge is 2.14. The number of nitrogens with zero attached hydrogens (tertiary/aromatic N) is 1. The van der Waals surface area contributed by atoms with Gasteiger partial charge in [0, 0.05) is 33.4 Å². The van der Waals surface area contributed by atoms with Gasteiger partial charge in [0.15, 0.2) is 0 Å². The summed E-state index contributed by atoms with van der Waals surface area (Å²) in [6.45, 7) is 3.26. The smallest absolute Gasteiger partial charge is 0.0492 e. The molecule has 0 saturated heterocycles. The molecule has 0 unspecified atom stereocenters. The largest absolute Gasteiger partial charge is 0.347 e. The number of hydrogen-bond acceptors (Lipinski definition) is 2. The fourth-order valence-corrected chi connectivity index (χ4v) is 4.15. The van der Waals surface area contributed by atoms with Crippen molar-refractivity contribution < 1.29 is 0 Å². The van der Waals surface area contributed by atoms with Gasteiger partial charge in [-0.3, -0.25) is 0 Å². The minimum Gasteiger partial charge on any atom is -0.347 e. The molecule has 0 saturated carbocycles. The third-order valence-corrected chi connectivity index (χ3v) is 5.67. The summed E-state index contributed by atoms with van der Waals surface area (Å²) in [6, 6.07) is 18.2. The maximum absolute atomic E-state index is 3.23. The van der Waals surface area contributed by atoms with Gasteiger partial charge in [-0.15, -0.1) is 0 Å². The van der Waals surface area contributed by atoms with Crippen LogP contribution in [0, 0.1) is 13.0 Å². The fourth-order valence-electron chi connectivity index (χ4n) is 2.93. The Balaban J connectivity index is 1.95. The second-order valence-electron chi connectivity index (χ2n) is 5.83. The van der Waals surface area contributed by atoms with Crippen LogP contribution in [0.5, 0.6) is 0 Å². The maximum Gasteiger partial charge on any atom is 0.0492 e. The maximum atomic E-state index is 3.23. The molecule has 0 aliphatic heterocycles. The minimum absolute atomic E-state index is 1.06. The predicted molar refractivity (Wildman–Crippen MR) is 99.3 cm³/mol. The monoisotopic (exact) mass is 323 g/mol. The van der Waals surface area contributed by atoms with Crippen molar-refractivity contribution in [3.05, 3.63) is 59.8 Å². The average Bonchev–Trinajstić information content (AvgIpc) is 2.82. The Bertz CT molecular complexity index is 805. The molecule has 0 bridgehead atoms. The van der Waals surface area contributed by atoms with E-state index in [4.69, 9.17) is 0 Å². The van der Waals surface area contributed by atoms with Crippen molar-refractivity contribution >= 4 is 22.7 Å². The summed E-state index contributed by atoms with van der Waals surface area (Å²) in [5.41, 5.74) is 4.02. The van der Waals surface area contributed by atoms with Crippen molar-refractivity contribution in [2.24, 2.45) is 7.05 Å². The zero-order valence-electron chi connectivity index (χ0n) is 14.0. The van der Waals surface area contributed by atoms with Crippen molar-refractivity contribution in [1.29, 1.82) is 0 Å². The topological polar surface area (TPSA) is 17.0 Å². The molecule has 3 heteroatoms. The van der Waals surface area contributed by atoms with Gasteiger partial charge in [-0.1, -0.05) is 36.0 Å². The molecule has 119 valence electrons. The van der Waals surface area contributed by atoms with E-state index in [0.717, 1.165) is 19.4 Å². The van der Waals surface area contributed by atoms with Crippen molar-refractivity contribution in [3.63, 3.8) is 0 Å². The van der Waals surface area contributed by atoms with Crippen LogP contribution in [-0.2, 0) is 13.5 Å². The quantitative estimate of drug-likeness (QED) is 0.668. The molecular formula is C20H23N2S. The number of fused-ring (bicyclic) bond motifs is 1. The van der Waals surface area contributed by atoms with Gasteiger partial charge in [-0.2, -0.15) is 0 Å². The Morgan fingerprint density at radius 3 is 2.87 bits per heavy atom. The second-order valence-corrected chi connectivity index (χ2v) is 6.89. The third-order valence-electron chi connectivity index (χ3n) is 4.34. The van der Waals surface area contributed by atoms with Crippen LogP contribution in [0.2, 0.25) is 0 Å². The second kappa shape index (κ2) is 7.24. The Morgan fingerprint density at radius 1 is 1.22 bits per heavy atom. The number of hydrogen-bond donors (Lipinski definition) is 1. The van der Waals surface area contributed by atoms with Crippen molar-refractivity contribution in [2.75, 3.05) is 13.6 Å². The molecule has 1 aromatic heterocycles. The molecule has 0 spiro atoms.